The number of hydrogen-bond donors (Lipinski definition) is 2. The molecular formula is C13H30N2O. The van der Waals surface area contributed by atoms with Gasteiger partial charge in [-0.2, -0.15) is 0 Å². The van der Waals surface area contributed by atoms with Crippen molar-refractivity contribution in [3.63, 3.8) is 0 Å². The smallest absolute Gasteiger partial charge is 0.0467 e. The maximum Gasteiger partial charge on any atom is 0.0467 e. The fraction of sp³-hybridized carbons (Fsp3) is 1.00. The molecule has 0 aromatic heterocycles. The van der Waals surface area contributed by atoms with Crippen LogP contribution in [0.1, 0.15) is 46.0 Å². The van der Waals surface area contributed by atoms with Crippen LogP contribution in [-0.4, -0.2) is 33.4 Å². The second-order valence-electron chi connectivity index (χ2n) is 5.29. The van der Waals surface area contributed by atoms with Gasteiger partial charge in [-0.25, -0.2) is 0 Å². The zero-order valence-corrected chi connectivity index (χ0v) is 11.3. The summed E-state index contributed by atoms with van der Waals surface area (Å²) in [5.41, 5.74) is 5.79. The maximum atomic E-state index is 5.45. The SMILES string of the molecule is COCCC(C)(C)CNCCCCCCN. The van der Waals surface area contributed by atoms with Gasteiger partial charge in [0.2, 0.25) is 0 Å². The first-order valence-electron chi connectivity index (χ1n) is 6.52. The zero-order valence-electron chi connectivity index (χ0n) is 11.3. The Balaban J connectivity index is 3.29. The summed E-state index contributed by atoms with van der Waals surface area (Å²) in [6, 6.07) is 0. The Bertz CT molecular complexity index is 149. The van der Waals surface area contributed by atoms with Gasteiger partial charge in [-0.3, -0.25) is 0 Å². The molecule has 0 radical (unpaired) electrons. The van der Waals surface area contributed by atoms with Crippen molar-refractivity contribution < 1.29 is 4.74 Å². The molecule has 0 aromatic rings. The average molecular weight is 230 g/mol. The lowest BCUT2D eigenvalue weighted by atomic mass is 9.90. The van der Waals surface area contributed by atoms with E-state index in [1.165, 1.54) is 25.7 Å². The summed E-state index contributed by atoms with van der Waals surface area (Å²) in [4.78, 5) is 0. The van der Waals surface area contributed by atoms with Crippen LogP contribution in [0.2, 0.25) is 0 Å². The number of methoxy groups -OCH3 is 1. The van der Waals surface area contributed by atoms with Gasteiger partial charge in [0, 0.05) is 20.3 Å². The molecule has 0 aliphatic rings. The van der Waals surface area contributed by atoms with Gasteiger partial charge in [-0.05, 0) is 37.8 Å². The van der Waals surface area contributed by atoms with Crippen molar-refractivity contribution in [1.82, 2.24) is 5.32 Å². The van der Waals surface area contributed by atoms with Crippen LogP contribution in [-0.2, 0) is 4.74 Å². The molecule has 0 aromatic carbocycles. The summed E-state index contributed by atoms with van der Waals surface area (Å²) in [6.45, 7) is 8.46. The Labute approximate surface area is 101 Å². The minimum absolute atomic E-state index is 0.341. The molecular weight excluding hydrogens is 200 g/mol. The highest BCUT2D eigenvalue weighted by atomic mass is 16.5. The Morgan fingerprint density at radius 1 is 1.12 bits per heavy atom. The van der Waals surface area contributed by atoms with Gasteiger partial charge < -0.3 is 15.8 Å². The molecule has 0 unspecified atom stereocenters. The Kier molecular flexibility index (Phi) is 9.99. The molecule has 0 spiro atoms. The molecule has 0 aliphatic carbocycles. The quantitative estimate of drug-likeness (QED) is 0.535. The lowest BCUT2D eigenvalue weighted by Gasteiger charge is -2.24. The number of rotatable bonds is 11. The molecule has 0 saturated carbocycles. The normalized spacial score (nSPS) is 12.0. The lowest BCUT2D eigenvalue weighted by molar-refractivity contribution is 0.151. The molecule has 3 nitrogen and oxygen atoms in total. The summed E-state index contributed by atoms with van der Waals surface area (Å²) in [6.07, 6.45) is 6.11. The van der Waals surface area contributed by atoms with Gasteiger partial charge in [0.15, 0.2) is 0 Å². The molecule has 0 rings (SSSR count). The van der Waals surface area contributed by atoms with Crippen molar-refractivity contribution in [3.8, 4) is 0 Å². The largest absolute Gasteiger partial charge is 0.385 e. The number of hydrogen-bond acceptors (Lipinski definition) is 3. The summed E-state index contributed by atoms with van der Waals surface area (Å²) in [5.74, 6) is 0. The van der Waals surface area contributed by atoms with Crippen LogP contribution in [0.25, 0.3) is 0 Å². The van der Waals surface area contributed by atoms with Crippen LogP contribution in [0.4, 0.5) is 0 Å². The van der Waals surface area contributed by atoms with E-state index in [0.29, 0.717) is 5.41 Å². The standard InChI is InChI=1S/C13H30N2O/c1-13(2,8-11-16-3)12-15-10-7-5-4-6-9-14/h15H,4-12,14H2,1-3H3. The highest BCUT2D eigenvalue weighted by Gasteiger charge is 2.16. The molecule has 98 valence electrons. The lowest BCUT2D eigenvalue weighted by Crippen LogP contribution is -2.31. The van der Waals surface area contributed by atoms with Gasteiger partial charge in [-0.1, -0.05) is 26.7 Å². The predicted octanol–water partition coefficient (Wildman–Crippen LogP) is 2.16. The van der Waals surface area contributed by atoms with Crippen LogP contribution in [0.15, 0.2) is 0 Å². The van der Waals surface area contributed by atoms with Gasteiger partial charge >= 0.3 is 0 Å². The molecule has 3 heteroatoms. The van der Waals surface area contributed by atoms with E-state index in [4.69, 9.17) is 10.5 Å². The molecule has 3 N–H and O–H groups in total. The van der Waals surface area contributed by atoms with Gasteiger partial charge in [-0.15, -0.1) is 0 Å². The van der Waals surface area contributed by atoms with Crippen LogP contribution in [0.3, 0.4) is 0 Å². The Morgan fingerprint density at radius 2 is 1.81 bits per heavy atom. The summed E-state index contributed by atoms with van der Waals surface area (Å²) in [7, 11) is 1.76. The zero-order chi connectivity index (χ0) is 12.3. The third kappa shape index (κ3) is 10.4. The van der Waals surface area contributed by atoms with E-state index in [9.17, 15) is 0 Å². The predicted molar refractivity (Wildman–Crippen MR) is 70.7 cm³/mol. The topological polar surface area (TPSA) is 47.3 Å². The van der Waals surface area contributed by atoms with Crippen LogP contribution in [0, 0.1) is 5.41 Å². The van der Waals surface area contributed by atoms with Crippen molar-refractivity contribution in [2.75, 3.05) is 33.4 Å². The second-order valence-corrected chi connectivity index (χ2v) is 5.29. The van der Waals surface area contributed by atoms with E-state index in [-0.39, 0.29) is 0 Å². The summed E-state index contributed by atoms with van der Waals surface area (Å²) < 4.78 is 5.11. The van der Waals surface area contributed by atoms with Crippen molar-refractivity contribution in [2.45, 2.75) is 46.0 Å². The third-order valence-corrected chi connectivity index (χ3v) is 2.89. The average Bonchev–Trinajstić information content (AvgIpc) is 2.25. The van der Waals surface area contributed by atoms with Crippen molar-refractivity contribution in [2.24, 2.45) is 11.1 Å². The van der Waals surface area contributed by atoms with E-state index < -0.39 is 0 Å². The molecule has 0 heterocycles. The van der Waals surface area contributed by atoms with Crippen LogP contribution in [0.5, 0.6) is 0 Å². The van der Waals surface area contributed by atoms with Crippen LogP contribution >= 0.6 is 0 Å². The first-order chi connectivity index (χ1) is 7.62. The van der Waals surface area contributed by atoms with Gasteiger partial charge in [0.1, 0.15) is 0 Å². The number of nitrogens with two attached hydrogens (primary N) is 1. The third-order valence-electron chi connectivity index (χ3n) is 2.89. The summed E-state index contributed by atoms with van der Waals surface area (Å²) in [5, 5.41) is 3.52. The molecule has 0 fully saturated rings. The van der Waals surface area contributed by atoms with E-state index in [1.807, 2.05) is 0 Å². The molecule has 0 amide bonds. The van der Waals surface area contributed by atoms with Gasteiger partial charge in [0.25, 0.3) is 0 Å². The fourth-order valence-corrected chi connectivity index (χ4v) is 1.64. The Morgan fingerprint density at radius 3 is 2.44 bits per heavy atom. The van der Waals surface area contributed by atoms with E-state index in [0.717, 1.165) is 32.7 Å². The van der Waals surface area contributed by atoms with Crippen LogP contribution < -0.4 is 11.1 Å². The molecule has 16 heavy (non-hydrogen) atoms. The van der Waals surface area contributed by atoms with E-state index in [2.05, 4.69) is 19.2 Å². The molecule has 0 saturated heterocycles. The van der Waals surface area contributed by atoms with Crippen molar-refractivity contribution in [1.29, 1.82) is 0 Å². The van der Waals surface area contributed by atoms with Crippen molar-refractivity contribution in [3.05, 3.63) is 0 Å². The van der Waals surface area contributed by atoms with Gasteiger partial charge in [0.05, 0.1) is 0 Å². The number of unbranched alkanes of at least 4 members (excludes halogenated alkanes) is 3. The fourth-order valence-electron chi connectivity index (χ4n) is 1.64. The highest BCUT2D eigenvalue weighted by molar-refractivity contribution is 4.71. The monoisotopic (exact) mass is 230 g/mol. The number of nitrogens with one attached hydrogen (secondary N) is 1. The number of ether oxygens (including phenoxy) is 1. The molecule has 0 atom stereocenters. The minimum Gasteiger partial charge on any atom is -0.385 e. The van der Waals surface area contributed by atoms with Crippen molar-refractivity contribution >= 4 is 0 Å². The molecule has 0 aliphatic heterocycles. The highest BCUT2D eigenvalue weighted by Crippen LogP contribution is 2.18. The van der Waals surface area contributed by atoms with E-state index >= 15 is 0 Å². The second kappa shape index (κ2) is 10.1. The first kappa shape index (κ1) is 15.9. The summed E-state index contributed by atoms with van der Waals surface area (Å²) >= 11 is 0. The first-order valence-corrected chi connectivity index (χ1v) is 6.52. The minimum atomic E-state index is 0.341. The Hall–Kier alpha value is -0.120. The molecule has 0 bridgehead atoms. The van der Waals surface area contributed by atoms with E-state index in [1.54, 1.807) is 7.11 Å². The maximum absolute atomic E-state index is 5.45.